The first-order chi connectivity index (χ1) is 20.2. The van der Waals surface area contributed by atoms with Crippen molar-refractivity contribution in [3.8, 4) is 5.75 Å². The van der Waals surface area contributed by atoms with Gasteiger partial charge in [0.2, 0.25) is 23.0 Å². The Morgan fingerprint density at radius 3 is 2.43 bits per heavy atom. The van der Waals surface area contributed by atoms with Gasteiger partial charge in [-0.15, -0.1) is 11.8 Å². The van der Waals surface area contributed by atoms with E-state index in [1.165, 1.54) is 12.3 Å². The molecule has 2 fully saturated rings. The Hall–Kier alpha value is -3.58. The number of piperazine rings is 1. The number of alkyl halides is 3. The van der Waals surface area contributed by atoms with Crippen LogP contribution in [0.25, 0.3) is 0 Å². The Morgan fingerprint density at radius 1 is 1.07 bits per heavy atom. The highest BCUT2D eigenvalue weighted by atomic mass is 32.2. The number of thioether (sulfide) groups is 1. The zero-order valence-electron chi connectivity index (χ0n) is 23.2. The number of nitrogens with zero attached hydrogens (tertiary/aromatic N) is 5. The van der Waals surface area contributed by atoms with E-state index in [0.29, 0.717) is 64.4 Å². The number of piperidine rings is 1. The SMILES string of the molecule is CSc1ccc(COc2coc(CN3CCN(C(=O)C4CCN(c5nccc(C(F)(F)F)n5)CC4)CC3)cc2=O)cc1. The Labute approximate surface area is 245 Å². The van der Waals surface area contributed by atoms with Gasteiger partial charge < -0.3 is 19.0 Å². The summed E-state index contributed by atoms with van der Waals surface area (Å²) >= 11 is 1.66. The fraction of sp³-hybridized carbons (Fsp3) is 0.448. The highest BCUT2D eigenvalue weighted by molar-refractivity contribution is 7.98. The van der Waals surface area contributed by atoms with Crippen LogP contribution < -0.4 is 15.1 Å². The molecule has 0 aliphatic carbocycles. The quantitative estimate of drug-likeness (QED) is 0.350. The standard InChI is InChI=1S/C29H32F3N5O4S/c1-42-23-4-2-20(3-5-23)18-41-25-19-40-22(16-24(25)38)17-35-12-14-36(15-13-35)27(39)21-7-10-37(11-8-21)28-33-9-6-26(34-28)29(30,31)32/h2-6,9,16,19,21H,7-8,10-15,17-18H2,1H3. The lowest BCUT2D eigenvalue weighted by molar-refractivity contribution is -0.141. The molecule has 0 saturated carbocycles. The number of anilines is 1. The lowest BCUT2D eigenvalue weighted by atomic mass is 9.95. The molecule has 1 amide bonds. The van der Waals surface area contributed by atoms with E-state index in [2.05, 4.69) is 14.9 Å². The van der Waals surface area contributed by atoms with E-state index in [9.17, 15) is 22.8 Å². The second kappa shape index (κ2) is 13.2. The second-order valence-electron chi connectivity index (χ2n) is 10.3. The van der Waals surface area contributed by atoms with E-state index in [0.717, 1.165) is 22.7 Å². The van der Waals surface area contributed by atoms with Crippen LogP contribution in [-0.2, 0) is 24.1 Å². The molecule has 0 N–H and O–H groups in total. The molecule has 0 atom stereocenters. The lowest BCUT2D eigenvalue weighted by Gasteiger charge is -2.38. The van der Waals surface area contributed by atoms with E-state index < -0.39 is 11.9 Å². The highest BCUT2D eigenvalue weighted by Crippen LogP contribution is 2.29. The summed E-state index contributed by atoms with van der Waals surface area (Å²) in [6, 6.07) is 10.2. The Kier molecular flexibility index (Phi) is 9.37. The summed E-state index contributed by atoms with van der Waals surface area (Å²) in [6.07, 6.45) is 1.00. The zero-order chi connectivity index (χ0) is 29.7. The van der Waals surface area contributed by atoms with Gasteiger partial charge in [-0.05, 0) is 42.9 Å². The molecule has 1 aromatic carbocycles. The van der Waals surface area contributed by atoms with Crippen molar-refractivity contribution in [1.29, 1.82) is 0 Å². The van der Waals surface area contributed by atoms with Crippen molar-refractivity contribution in [1.82, 2.24) is 19.8 Å². The number of hydrogen-bond acceptors (Lipinski definition) is 9. The number of ether oxygens (including phenoxy) is 1. The molecule has 224 valence electrons. The third kappa shape index (κ3) is 7.43. The fourth-order valence-corrected chi connectivity index (χ4v) is 5.51. The Bertz CT molecular complexity index is 1420. The molecule has 4 heterocycles. The van der Waals surface area contributed by atoms with E-state index in [1.807, 2.05) is 35.4 Å². The third-order valence-corrected chi connectivity index (χ3v) is 8.27. The zero-order valence-corrected chi connectivity index (χ0v) is 24.0. The van der Waals surface area contributed by atoms with Crippen LogP contribution in [0.4, 0.5) is 19.1 Å². The molecule has 0 radical (unpaired) electrons. The number of halogens is 3. The molecule has 42 heavy (non-hydrogen) atoms. The van der Waals surface area contributed by atoms with Gasteiger partial charge in [-0.25, -0.2) is 9.97 Å². The summed E-state index contributed by atoms with van der Waals surface area (Å²) in [4.78, 5) is 40.2. The number of amides is 1. The Balaban J connectivity index is 1.06. The number of aromatic nitrogens is 2. The number of hydrogen-bond donors (Lipinski definition) is 0. The highest BCUT2D eigenvalue weighted by Gasteiger charge is 2.35. The van der Waals surface area contributed by atoms with Crippen LogP contribution in [0.5, 0.6) is 5.75 Å². The molecule has 2 aliphatic rings. The minimum absolute atomic E-state index is 0.0385. The molecular weight excluding hydrogens is 571 g/mol. The molecule has 0 unspecified atom stereocenters. The number of benzene rings is 1. The van der Waals surface area contributed by atoms with E-state index in [1.54, 1.807) is 16.7 Å². The molecule has 5 rings (SSSR count). The number of rotatable bonds is 8. The summed E-state index contributed by atoms with van der Waals surface area (Å²) in [5, 5.41) is 0. The first-order valence-electron chi connectivity index (χ1n) is 13.7. The van der Waals surface area contributed by atoms with Crippen LogP contribution in [0.3, 0.4) is 0 Å². The number of carbonyl (C=O) groups is 1. The van der Waals surface area contributed by atoms with Gasteiger partial charge in [0, 0.05) is 62.3 Å². The largest absolute Gasteiger partial charge is 0.482 e. The van der Waals surface area contributed by atoms with Gasteiger partial charge in [-0.3, -0.25) is 14.5 Å². The summed E-state index contributed by atoms with van der Waals surface area (Å²) in [6.45, 7) is 3.93. The minimum Gasteiger partial charge on any atom is -0.482 e. The monoisotopic (exact) mass is 603 g/mol. The van der Waals surface area contributed by atoms with Crippen molar-refractivity contribution in [3.63, 3.8) is 0 Å². The van der Waals surface area contributed by atoms with Crippen LogP contribution in [0, 0.1) is 5.92 Å². The van der Waals surface area contributed by atoms with Crippen LogP contribution in [0.2, 0.25) is 0 Å². The van der Waals surface area contributed by atoms with Gasteiger partial charge in [-0.1, -0.05) is 12.1 Å². The normalized spacial score (nSPS) is 17.0. The van der Waals surface area contributed by atoms with Crippen LogP contribution in [0.15, 0.2) is 63.0 Å². The summed E-state index contributed by atoms with van der Waals surface area (Å²) in [5.41, 5.74) is -0.258. The summed E-state index contributed by atoms with van der Waals surface area (Å²) < 4.78 is 50.4. The van der Waals surface area contributed by atoms with Gasteiger partial charge in [0.25, 0.3) is 0 Å². The second-order valence-corrected chi connectivity index (χ2v) is 11.2. The first-order valence-corrected chi connectivity index (χ1v) is 15.0. The lowest BCUT2D eigenvalue weighted by Crippen LogP contribution is -2.51. The van der Waals surface area contributed by atoms with Crippen molar-refractivity contribution in [2.75, 3.05) is 50.4 Å². The first kappa shape index (κ1) is 29.9. The molecule has 2 aliphatic heterocycles. The number of carbonyl (C=O) groups excluding carboxylic acids is 1. The average Bonchev–Trinajstić information content (AvgIpc) is 3.01. The molecule has 2 saturated heterocycles. The van der Waals surface area contributed by atoms with Crippen molar-refractivity contribution in [3.05, 3.63) is 76.1 Å². The molecule has 0 spiro atoms. The summed E-state index contributed by atoms with van der Waals surface area (Å²) in [5.74, 6) is 0.606. The average molecular weight is 604 g/mol. The topological polar surface area (TPSA) is 92.0 Å². The molecular formula is C29H32F3N5O4S. The molecule has 3 aromatic rings. The predicted octanol–water partition coefficient (Wildman–Crippen LogP) is 4.31. The van der Waals surface area contributed by atoms with Gasteiger partial charge in [0.15, 0.2) is 0 Å². The van der Waals surface area contributed by atoms with Crippen molar-refractivity contribution in [2.24, 2.45) is 5.92 Å². The van der Waals surface area contributed by atoms with Crippen LogP contribution in [-0.4, -0.2) is 71.2 Å². The van der Waals surface area contributed by atoms with Gasteiger partial charge in [0.1, 0.15) is 24.3 Å². The van der Waals surface area contributed by atoms with Gasteiger partial charge in [-0.2, -0.15) is 13.2 Å². The van der Waals surface area contributed by atoms with E-state index >= 15 is 0 Å². The van der Waals surface area contributed by atoms with Gasteiger partial charge >= 0.3 is 6.18 Å². The Morgan fingerprint density at radius 2 is 1.79 bits per heavy atom. The maximum Gasteiger partial charge on any atom is 0.433 e. The predicted molar refractivity (Wildman–Crippen MR) is 151 cm³/mol. The van der Waals surface area contributed by atoms with Crippen LogP contribution >= 0.6 is 11.8 Å². The van der Waals surface area contributed by atoms with E-state index in [4.69, 9.17) is 9.15 Å². The van der Waals surface area contributed by atoms with Gasteiger partial charge in [0.05, 0.1) is 6.54 Å². The maximum absolute atomic E-state index is 13.2. The van der Waals surface area contributed by atoms with Crippen molar-refractivity contribution in [2.45, 2.75) is 37.1 Å². The smallest absolute Gasteiger partial charge is 0.433 e. The molecule has 2 aromatic heterocycles. The summed E-state index contributed by atoms with van der Waals surface area (Å²) in [7, 11) is 0. The van der Waals surface area contributed by atoms with Crippen molar-refractivity contribution < 1.29 is 27.1 Å². The maximum atomic E-state index is 13.2. The molecule has 0 bridgehead atoms. The minimum atomic E-state index is -4.53. The van der Waals surface area contributed by atoms with E-state index in [-0.39, 0.29) is 35.6 Å². The van der Waals surface area contributed by atoms with Crippen LogP contribution in [0.1, 0.15) is 29.9 Å². The third-order valence-electron chi connectivity index (χ3n) is 7.53. The molecule has 13 heteroatoms. The fourth-order valence-electron chi connectivity index (χ4n) is 5.10. The molecule has 9 nitrogen and oxygen atoms in total. The van der Waals surface area contributed by atoms with Crippen molar-refractivity contribution >= 4 is 23.6 Å².